The summed E-state index contributed by atoms with van der Waals surface area (Å²) in [6.07, 6.45) is 0. The molecule has 0 bridgehead atoms. The lowest BCUT2D eigenvalue weighted by Gasteiger charge is -2.15. The second-order valence-electron chi connectivity index (χ2n) is 4.36. The zero-order valence-corrected chi connectivity index (χ0v) is 11.6. The minimum Gasteiger partial charge on any atom is -0.490 e. The van der Waals surface area contributed by atoms with E-state index in [1.165, 1.54) is 12.1 Å². The van der Waals surface area contributed by atoms with Gasteiger partial charge in [0.1, 0.15) is 18.2 Å². The van der Waals surface area contributed by atoms with Crippen LogP contribution in [0.2, 0.25) is 0 Å². The van der Waals surface area contributed by atoms with Crippen molar-refractivity contribution in [2.75, 3.05) is 6.61 Å². The van der Waals surface area contributed by atoms with Gasteiger partial charge in [-0.15, -0.1) is 0 Å². The van der Waals surface area contributed by atoms with Gasteiger partial charge < -0.3 is 14.6 Å². The van der Waals surface area contributed by atoms with Gasteiger partial charge in [-0.3, -0.25) is 0 Å². The predicted molar refractivity (Wildman–Crippen MR) is 74.2 cm³/mol. The van der Waals surface area contributed by atoms with Gasteiger partial charge in [-0.1, -0.05) is 12.1 Å². The van der Waals surface area contributed by atoms with Crippen molar-refractivity contribution in [2.24, 2.45) is 0 Å². The van der Waals surface area contributed by atoms with Crippen molar-refractivity contribution >= 4 is 0 Å². The molecular weight excluding hydrogens is 278 g/mol. The van der Waals surface area contributed by atoms with E-state index in [0.29, 0.717) is 23.7 Å². The molecule has 2 aromatic carbocycles. The second kappa shape index (κ2) is 7.04. The lowest BCUT2D eigenvalue weighted by atomic mass is 10.2. The Kier molecular flexibility index (Phi) is 5.11. The van der Waals surface area contributed by atoms with Gasteiger partial charge in [0.05, 0.1) is 13.2 Å². The molecule has 0 atom stereocenters. The molecule has 3 nitrogen and oxygen atoms in total. The number of para-hydroxylation sites is 1. The number of halogens is 2. The zero-order valence-electron chi connectivity index (χ0n) is 11.6. The first-order chi connectivity index (χ1) is 10.2. The molecule has 5 heteroatoms. The Morgan fingerprint density at radius 3 is 2.52 bits per heavy atom. The van der Waals surface area contributed by atoms with Crippen molar-refractivity contribution in [2.45, 2.75) is 20.1 Å². The van der Waals surface area contributed by atoms with E-state index in [0.717, 1.165) is 6.07 Å². The van der Waals surface area contributed by atoms with Gasteiger partial charge >= 0.3 is 0 Å². The van der Waals surface area contributed by atoms with E-state index in [9.17, 15) is 13.9 Å². The Bertz CT molecular complexity index is 614. The van der Waals surface area contributed by atoms with Gasteiger partial charge in [0.15, 0.2) is 11.5 Å². The molecule has 0 spiro atoms. The van der Waals surface area contributed by atoms with Gasteiger partial charge in [-0.2, -0.15) is 0 Å². The van der Waals surface area contributed by atoms with Crippen LogP contribution in [-0.2, 0) is 13.2 Å². The Morgan fingerprint density at radius 2 is 1.86 bits per heavy atom. The quantitative estimate of drug-likeness (QED) is 0.887. The fourth-order valence-corrected chi connectivity index (χ4v) is 1.91. The monoisotopic (exact) mass is 294 g/mol. The number of aliphatic hydroxyl groups is 1. The Labute approximate surface area is 121 Å². The van der Waals surface area contributed by atoms with Gasteiger partial charge in [0.2, 0.25) is 0 Å². The fraction of sp³-hybridized carbons (Fsp3) is 0.250. The third-order valence-electron chi connectivity index (χ3n) is 2.92. The smallest absolute Gasteiger partial charge is 0.167 e. The molecule has 2 rings (SSSR count). The van der Waals surface area contributed by atoms with Crippen molar-refractivity contribution in [3.63, 3.8) is 0 Å². The molecule has 2 aromatic rings. The highest BCUT2D eigenvalue weighted by molar-refractivity contribution is 5.46. The molecule has 0 saturated carbocycles. The minimum absolute atomic E-state index is 0.0802. The van der Waals surface area contributed by atoms with Crippen molar-refractivity contribution < 1.29 is 23.4 Å². The maximum Gasteiger partial charge on any atom is 0.167 e. The summed E-state index contributed by atoms with van der Waals surface area (Å²) in [4.78, 5) is 0. The topological polar surface area (TPSA) is 38.7 Å². The van der Waals surface area contributed by atoms with Crippen LogP contribution in [0.5, 0.6) is 11.5 Å². The van der Waals surface area contributed by atoms with Crippen LogP contribution in [-0.4, -0.2) is 11.7 Å². The standard InChI is InChI=1S/C16H16F2O3/c1-2-20-15-5-3-4-11(9-19)16(15)21-10-12-6-7-13(17)8-14(12)18/h3-8,19H,2,9-10H2,1H3. The highest BCUT2D eigenvalue weighted by Crippen LogP contribution is 2.32. The van der Waals surface area contributed by atoms with Crippen LogP contribution in [0.15, 0.2) is 36.4 Å². The van der Waals surface area contributed by atoms with Crippen LogP contribution in [0.25, 0.3) is 0 Å². The Hall–Kier alpha value is -2.14. The molecule has 0 aliphatic heterocycles. The average molecular weight is 294 g/mol. The third-order valence-corrected chi connectivity index (χ3v) is 2.92. The number of hydrogen-bond donors (Lipinski definition) is 1. The summed E-state index contributed by atoms with van der Waals surface area (Å²) in [5, 5.41) is 9.34. The lowest BCUT2D eigenvalue weighted by Crippen LogP contribution is -2.04. The summed E-state index contributed by atoms with van der Waals surface area (Å²) in [5.74, 6) is -0.464. The number of aliphatic hydroxyl groups excluding tert-OH is 1. The van der Waals surface area contributed by atoms with E-state index < -0.39 is 11.6 Å². The molecule has 0 amide bonds. The lowest BCUT2D eigenvalue weighted by molar-refractivity contribution is 0.241. The number of rotatable bonds is 6. The van der Waals surface area contributed by atoms with Crippen molar-refractivity contribution in [1.82, 2.24) is 0 Å². The first-order valence-electron chi connectivity index (χ1n) is 6.58. The summed E-state index contributed by atoms with van der Waals surface area (Å²) in [5.41, 5.74) is 0.773. The molecule has 0 unspecified atom stereocenters. The molecule has 0 fully saturated rings. The van der Waals surface area contributed by atoms with E-state index in [2.05, 4.69) is 0 Å². The van der Waals surface area contributed by atoms with Crippen LogP contribution < -0.4 is 9.47 Å². The number of ether oxygens (including phenoxy) is 2. The zero-order chi connectivity index (χ0) is 15.2. The number of benzene rings is 2. The van der Waals surface area contributed by atoms with Crippen LogP contribution in [0.1, 0.15) is 18.1 Å². The van der Waals surface area contributed by atoms with Crippen molar-refractivity contribution in [3.8, 4) is 11.5 Å². The highest BCUT2D eigenvalue weighted by atomic mass is 19.1. The molecule has 112 valence electrons. The fourth-order valence-electron chi connectivity index (χ4n) is 1.91. The van der Waals surface area contributed by atoms with Gasteiger partial charge in [0, 0.05) is 17.2 Å². The molecule has 0 heterocycles. The maximum atomic E-state index is 13.6. The van der Waals surface area contributed by atoms with Crippen molar-refractivity contribution in [1.29, 1.82) is 0 Å². The van der Waals surface area contributed by atoms with Gasteiger partial charge in [0.25, 0.3) is 0 Å². The highest BCUT2D eigenvalue weighted by Gasteiger charge is 2.12. The average Bonchev–Trinajstić information content (AvgIpc) is 2.47. The second-order valence-corrected chi connectivity index (χ2v) is 4.36. The molecule has 0 radical (unpaired) electrons. The Balaban J connectivity index is 2.22. The van der Waals surface area contributed by atoms with Crippen molar-refractivity contribution in [3.05, 3.63) is 59.2 Å². The van der Waals surface area contributed by atoms with E-state index in [1.807, 2.05) is 6.92 Å². The van der Waals surface area contributed by atoms with E-state index in [-0.39, 0.29) is 18.8 Å². The Morgan fingerprint density at radius 1 is 1.05 bits per heavy atom. The van der Waals surface area contributed by atoms with Crippen LogP contribution in [0.3, 0.4) is 0 Å². The van der Waals surface area contributed by atoms with Crippen LogP contribution in [0, 0.1) is 11.6 Å². The molecular formula is C16H16F2O3. The van der Waals surface area contributed by atoms with E-state index in [1.54, 1.807) is 18.2 Å². The molecule has 0 aliphatic rings. The first kappa shape index (κ1) is 15.3. The van der Waals surface area contributed by atoms with Crippen LogP contribution >= 0.6 is 0 Å². The maximum absolute atomic E-state index is 13.6. The molecule has 0 aliphatic carbocycles. The molecule has 0 aromatic heterocycles. The SMILES string of the molecule is CCOc1cccc(CO)c1OCc1ccc(F)cc1F. The summed E-state index contributed by atoms with van der Waals surface area (Å²) < 4.78 is 37.4. The van der Waals surface area contributed by atoms with Crippen LogP contribution in [0.4, 0.5) is 8.78 Å². The third kappa shape index (κ3) is 3.70. The van der Waals surface area contributed by atoms with E-state index in [4.69, 9.17) is 9.47 Å². The minimum atomic E-state index is -0.672. The molecule has 21 heavy (non-hydrogen) atoms. The first-order valence-corrected chi connectivity index (χ1v) is 6.58. The predicted octanol–water partition coefficient (Wildman–Crippen LogP) is 3.43. The largest absolute Gasteiger partial charge is 0.490 e. The summed E-state index contributed by atoms with van der Waals surface area (Å²) in [6, 6.07) is 8.44. The molecule has 1 N–H and O–H groups in total. The summed E-state index contributed by atoms with van der Waals surface area (Å²) >= 11 is 0. The summed E-state index contributed by atoms with van der Waals surface area (Å²) in [6.45, 7) is 1.97. The normalized spacial score (nSPS) is 10.5. The summed E-state index contributed by atoms with van der Waals surface area (Å²) in [7, 11) is 0. The molecule has 0 saturated heterocycles. The van der Waals surface area contributed by atoms with Gasteiger partial charge in [-0.25, -0.2) is 8.78 Å². The van der Waals surface area contributed by atoms with Gasteiger partial charge in [-0.05, 0) is 25.1 Å². The number of hydrogen-bond acceptors (Lipinski definition) is 3. The van der Waals surface area contributed by atoms with E-state index >= 15 is 0 Å².